The van der Waals surface area contributed by atoms with Gasteiger partial charge in [-0.1, -0.05) is 6.92 Å². The highest BCUT2D eigenvalue weighted by molar-refractivity contribution is 5.66. The Kier molecular flexibility index (Phi) is 11.7. The summed E-state index contributed by atoms with van der Waals surface area (Å²) in [5.41, 5.74) is 0. The van der Waals surface area contributed by atoms with E-state index in [0.29, 0.717) is 0 Å². The molecule has 0 rings (SSSR count). The molecule has 0 unspecified atom stereocenters. The molecule has 0 saturated heterocycles. The lowest BCUT2D eigenvalue weighted by Gasteiger charge is -1.71. The van der Waals surface area contributed by atoms with Crippen LogP contribution in [0.3, 0.4) is 0 Å². The Bertz CT molecular complexity index is 71.7. The van der Waals surface area contributed by atoms with Crippen LogP contribution in [0.4, 0.5) is 0 Å². The zero-order chi connectivity index (χ0) is 6.99. The number of nitrogens with one attached hydrogen (secondary N) is 1. The van der Waals surface area contributed by atoms with Crippen LogP contribution in [0.2, 0.25) is 0 Å². The fourth-order valence-corrected chi connectivity index (χ4v) is 0. The summed E-state index contributed by atoms with van der Waals surface area (Å²) >= 11 is 0. The summed E-state index contributed by atoms with van der Waals surface area (Å²) in [5, 5.41) is 17.5. The average molecular weight is 119 g/mol. The third kappa shape index (κ3) is 86.8. The van der Waals surface area contributed by atoms with Crippen LogP contribution < -0.4 is 5.16 Å². The van der Waals surface area contributed by atoms with Gasteiger partial charge in [0, 0.05) is 6.42 Å². The first-order valence-electron chi connectivity index (χ1n) is 2.05. The van der Waals surface area contributed by atoms with Crippen molar-refractivity contribution >= 4 is 12.7 Å². The first kappa shape index (κ1) is 10.0. The molecule has 0 spiro atoms. The molecule has 0 atom stereocenters. The number of rotatable bonds is 1. The highest BCUT2D eigenvalue weighted by Crippen LogP contribution is 1.67. The number of hydrogen-bond donors (Lipinski definition) is 2. The standard InChI is InChI=1S/C3H6O2.CH3NO/c1-2-3(4)5;1-2-3/h2H2,1H3,(H,4,5);2H,1H2. The Morgan fingerprint density at radius 3 is 2.12 bits per heavy atom. The first-order valence-corrected chi connectivity index (χ1v) is 2.05. The molecule has 0 amide bonds. The van der Waals surface area contributed by atoms with Crippen molar-refractivity contribution in [3.05, 3.63) is 5.21 Å². The van der Waals surface area contributed by atoms with Gasteiger partial charge in [-0.2, -0.15) is 0 Å². The molecule has 0 heterocycles. The normalized spacial score (nSPS) is 6.12. The van der Waals surface area contributed by atoms with Gasteiger partial charge in [0.1, 0.15) is 6.72 Å². The van der Waals surface area contributed by atoms with Crippen molar-refractivity contribution in [1.82, 2.24) is 0 Å². The summed E-state index contributed by atoms with van der Waals surface area (Å²) in [6.45, 7) is 4.28. The lowest BCUT2D eigenvalue weighted by atomic mass is 10.5. The van der Waals surface area contributed by atoms with E-state index < -0.39 is 5.97 Å². The van der Waals surface area contributed by atoms with Gasteiger partial charge < -0.3 is 10.3 Å². The van der Waals surface area contributed by atoms with Crippen molar-refractivity contribution in [2.24, 2.45) is 0 Å². The minimum absolute atomic E-state index is 0.222. The van der Waals surface area contributed by atoms with E-state index in [9.17, 15) is 4.79 Å². The van der Waals surface area contributed by atoms with Crippen LogP contribution in [-0.4, -0.2) is 17.8 Å². The third-order valence-electron chi connectivity index (χ3n) is 0.302. The number of carboxylic acids is 1. The van der Waals surface area contributed by atoms with Crippen molar-refractivity contribution in [1.29, 1.82) is 0 Å². The highest BCUT2D eigenvalue weighted by Gasteiger charge is 1.80. The van der Waals surface area contributed by atoms with Crippen LogP contribution in [0.25, 0.3) is 0 Å². The van der Waals surface area contributed by atoms with E-state index in [1.807, 2.05) is 0 Å². The molecule has 2 N–H and O–H groups in total. The third-order valence-corrected chi connectivity index (χ3v) is 0.302. The number of aliphatic carboxylic acids is 1. The second-order valence-corrected chi connectivity index (χ2v) is 0.892. The molecule has 0 aliphatic heterocycles. The van der Waals surface area contributed by atoms with Gasteiger partial charge in [0.2, 0.25) is 0 Å². The van der Waals surface area contributed by atoms with Crippen LogP contribution in [-0.2, 0) is 4.79 Å². The van der Waals surface area contributed by atoms with Gasteiger partial charge in [0.05, 0.1) is 0 Å². The average Bonchev–Trinajstić information content (AvgIpc) is 1.69. The second kappa shape index (κ2) is 9.34. The lowest BCUT2D eigenvalue weighted by Crippen LogP contribution is -2.56. The van der Waals surface area contributed by atoms with Crippen LogP contribution in [0.1, 0.15) is 13.3 Å². The molecule has 0 aliphatic rings. The number of carbonyl (C=O) groups is 1. The molecule has 0 fully saturated rings. The molecule has 0 radical (unpaired) electrons. The van der Waals surface area contributed by atoms with Crippen molar-refractivity contribution in [3.63, 3.8) is 0 Å². The van der Waals surface area contributed by atoms with E-state index in [1.165, 1.54) is 5.16 Å². The molecule has 0 bridgehead atoms. The Hall–Kier alpha value is -1.06. The molecular weight excluding hydrogens is 110 g/mol. The maximum Gasteiger partial charge on any atom is 0.303 e. The fraction of sp³-hybridized carbons (Fsp3) is 0.500. The predicted molar refractivity (Wildman–Crippen MR) is 29.4 cm³/mol. The van der Waals surface area contributed by atoms with E-state index in [4.69, 9.17) is 10.3 Å². The zero-order valence-electron chi connectivity index (χ0n) is 4.68. The van der Waals surface area contributed by atoms with Crippen molar-refractivity contribution in [3.8, 4) is 0 Å². The highest BCUT2D eigenvalue weighted by atomic mass is 16.4. The smallest absolute Gasteiger partial charge is 0.303 e. The molecule has 4 heteroatoms. The monoisotopic (exact) mass is 119 g/mol. The quantitative estimate of drug-likeness (QED) is 0.257. The molecule has 8 heavy (non-hydrogen) atoms. The van der Waals surface area contributed by atoms with Gasteiger partial charge in [-0.3, -0.25) is 4.79 Å². The molecule has 4 nitrogen and oxygen atoms in total. The van der Waals surface area contributed by atoms with Crippen molar-refractivity contribution in [2.45, 2.75) is 13.3 Å². The van der Waals surface area contributed by atoms with Gasteiger partial charge in [0.15, 0.2) is 0 Å². The van der Waals surface area contributed by atoms with Gasteiger partial charge in [-0.25, -0.2) is 5.16 Å². The maximum atomic E-state index is 9.37. The summed E-state index contributed by atoms with van der Waals surface area (Å²) < 4.78 is 0. The van der Waals surface area contributed by atoms with E-state index in [2.05, 4.69) is 6.72 Å². The van der Waals surface area contributed by atoms with Crippen molar-refractivity contribution < 1.29 is 15.1 Å². The van der Waals surface area contributed by atoms with Crippen LogP contribution in [0.15, 0.2) is 0 Å². The summed E-state index contributed by atoms with van der Waals surface area (Å²) in [5.74, 6) is -0.745. The molecule has 0 saturated carbocycles. The van der Waals surface area contributed by atoms with Gasteiger partial charge in [-0.05, 0) is 0 Å². The topological polar surface area (TPSA) is 74.3 Å². The molecular formula is C4H9NO3. The Morgan fingerprint density at radius 2 is 2.12 bits per heavy atom. The first-order chi connectivity index (χ1) is 3.68. The summed E-state index contributed by atoms with van der Waals surface area (Å²) in [6, 6.07) is 0. The van der Waals surface area contributed by atoms with Crippen LogP contribution in [0.5, 0.6) is 0 Å². The Balaban J connectivity index is 0. The molecule has 0 aromatic heterocycles. The maximum absolute atomic E-state index is 9.37. The fourth-order valence-electron chi connectivity index (χ4n) is 0. The van der Waals surface area contributed by atoms with E-state index in [1.54, 1.807) is 6.92 Å². The zero-order valence-corrected chi connectivity index (χ0v) is 4.68. The summed E-state index contributed by atoms with van der Waals surface area (Å²) in [4.78, 5) is 9.37. The van der Waals surface area contributed by atoms with Gasteiger partial charge in [0.25, 0.3) is 0 Å². The minimum atomic E-state index is -0.745. The van der Waals surface area contributed by atoms with Crippen LogP contribution in [0, 0.1) is 5.21 Å². The van der Waals surface area contributed by atoms with E-state index in [0.717, 1.165) is 0 Å². The van der Waals surface area contributed by atoms with E-state index in [-0.39, 0.29) is 6.42 Å². The second-order valence-electron chi connectivity index (χ2n) is 0.892. The van der Waals surface area contributed by atoms with E-state index >= 15 is 0 Å². The Labute approximate surface area is 47.4 Å². The molecule has 48 valence electrons. The SMILES string of the molecule is C=[NH+][O-].CCC(=O)O. The lowest BCUT2D eigenvalue weighted by molar-refractivity contribution is -0.361. The molecule has 0 aliphatic carbocycles. The van der Waals surface area contributed by atoms with Crippen LogP contribution >= 0.6 is 0 Å². The molecule has 0 aromatic carbocycles. The van der Waals surface area contributed by atoms with Crippen molar-refractivity contribution in [2.75, 3.05) is 0 Å². The van der Waals surface area contributed by atoms with Gasteiger partial charge in [-0.15, -0.1) is 0 Å². The summed E-state index contributed by atoms with van der Waals surface area (Å²) in [7, 11) is 0. The molecule has 0 aromatic rings. The summed E-state index contributed by atoms with van der Waals surface area (Å²) in [6.07, 6.45) is 0.222. The Morgan fingerprint density at radius 1 is 2.00 bits per heavy atom. The number of carboxylic acid groups (broad SMARTS) is 1. The van der Waals surface area contributed by atoms with Gasteiger partial charge >= 0.3 is 5.97 Å². The number of hydrogen-bond acceptors (Lipinski definition) is 2. The minimum Gasteiger partial charge on any atom is -0.626 e. The predicted octanol–water partition coefficient (Wildman–Crippen LogP) is -1.25. The largest absolute Gasteiger partial charge is 0.626 e.